The number of carbonyl (C=O) groups is 2. The van der Waals surface area contributed by atoms with Gasteiger partial charge in [-0.2, -0.15) is 0 Å². The third-order valence-electron chi connectivity index (χ3n) is 11.4. The molecule has 17 nitrogen and oxygen atoms in total. The number of H-pyrrole nitrogens is 1. The van der Waals surface area contributed by atoms with Crippen LogP contribution in [0.1, 0.15) is 46.3 Å². The number of hydrogen-bond donors (Lipinski definition) is 7. The van der Waals surface area contributed by atoms with Crippen LogP contribution >= 0.6 is 0 Å². The number of aliphatic hydroxyl groups is 3. The van der Waals surface area contributed by atoms with Crippen LogP contribution in [0.2, 0.25) is 0 Å². The first-order valence-corrected chi connectivity index (χ1v) is 19.3. The van der Waals surface area contributed by atoms with Gasteiger partial charge in [-0.3, -0.25) is 9.59 Å². The number of carboxylic acids is 1. The lowest BCUT2D eigenvalue weighted by molar-refractivity contribution is -0.291. The van der Waals surface area contributed by atoms with Crippen molar-refractivity contribution in [1.29, 1.82) is 0 Å². The summed E-state index contributed by atoms with van der Waals surface area (Å²) in [6.07, 6.45) is -6.89. The Morgan fingerprint density at radius 3 is 2.51 bits per heavy atom. The van der Waals surface area contributed by atoms with Gasteiger partial charge in [-0.15, -0.1) is 0 Å². The summed E-state index contributed by atoms with van der Waals surface area (Å²) in [5, 5.41) is 43.2. The predicted octanol–water partition coefficient (Wildman–Crippen LogP) is 2.00. The second-order valence-electron chi connectivity index (χ2n) is 15.3. The number of aliphatic hydroxyl groups excluding tert-OH is 3. The maximum atomic E-state index is 12.3. The van der Waals surface area contributed by atoms with Gasteiger partial charge in [0.1, 0.15) is 54.5 Å². The van der Waals surface area contributed by atoms with Crippen LogP contribution in [0.3, 0.4) is 0 Å². The second kappa shape index (κ2) is 15.4. The fourth-order valence-corrected chi connectivity index (χ4v) is 8.63. The maximum absolute atomic E-state index is 12.3. The molecule has 0 spiro atoms. The summed E-state index contributed by atoms with van der Waals surface area (Å²) in [5.74, 6) is -0.708. The zero-order valence-electron chi connectivity index (χ0n) is 31.8. The molecule has 9 atom stereocenters. The summed E-state index contributed by atoms with van der Waals surface area (Å²) in [6, 6.07) is 17.6. The minimum absolute atomic E-state index is 0.163. The number of methoxy groups -OCH3 is 1. The number of benzene rings is 3. The molecule has 9 N–H and O–H groups in total. The van der Waals surface area contributed by atoms with Gasteiger partial charge in [0, 0.05) is 60.6 Å². The first-order valence-electron chi connectivity index (χ1n) is 19.3. The number of aromatic amines is 1. The minimum atomic E-state index is -1.88. The van der Waals surface area contributed by atoms with Crippen LogP contribution in [0.4, 0.5) is 0 Å². The third-order valence-corrected chi connectivity index (χ3v) is 11.4. The topological polar surface area (TPSA) is 252 Å². The molecule has 9 heterocycles. The molecule has 2 aromatic heterocycles. The molecule has 5 aromatic rings. The molecule has 9 unspecified atom stereocenters. The molecule has 0 radical (unpaired) electrons. The second-order valence-corrected chi connectivity index (χ2v) is 15.3. The summed E-state index contributed by atoms with van der Waals surface area (Å²) in [5.41, 5.74) is 17.3. The summed E-state index contributed by atoms with van der Waals surface area (Å²) in [6.45, 7) is 0.771. The summed E-state index contributed by atoms with van der Waals surface area (Å²) < 4.78 is 45.6. The van der Waals surface area contributed by atoms with Crippen LogP contribution in [0.5, 0.6) is 28.7 Å². The van der Waals surface area contributed by atoms with Crippen molar-refractivity contribution in [2.24, 2.45) is 11.5 Å². The van der Waals surface area contributed by atoms with Crippen molar-refractivity contribution in [3.8, 4) is 28.7 Å². The highest BCUT2D eigenvalue weighted by atomic mass is 16.7. The van der Waals surface area contributed by atoms with E-state index in [1.165, 1.54) is 0 Å². The average molecular weight is 813 g/mol. The number of carboxylic acid groups (broad SMARTS) is 1. The highest BCUT2D eigenvalue weighted by Gasteiger charge is 2.52. The first kappa shape index (κ1) is 38.7. The average Bonchev–Trinajstić information content (AvgIpc) is 3.91. The monoisotopic (exact) mass is 812 g/mol. The summed E-state index contributed by atoms with van der Waals surface area (Å²) in [7, 11) is 1.59. The molecule has 17 heteroatoms. The number of aliphatic carboxylic acids is 1. The van der Waals surface area contributed by atoms with Crippen molar-refractivity contribution >= 4 is 22.8 Å². The zero-order chi connectivity index (χ0) is 41.1. The van der Waals surface area contributed by atoms with E-state index in [4.69, 9.17) is 49.7 Å². The Morgan fingerprint density at radius 2 is 1.76 bits per heavy atom. The first-order chi connectivity index (χ1) is 28.4. The highest BCUT2D eigenvalue weighted by molar-refractivity contribution is 5.90. The smallest absolute Gasteiger partial charge is 0.317 e. The van der Waals surface area contributed by atoms with Crippen molar-refractivity contribution < 1.29 is 63.2 Å². The molecular weight excluding hydrogens is 768 g/mol. The van der Waals surface area contributed by atoms with Crippen LogP contribution < -0.4 is 35.2 Å². The van der Waals surface area contributed by atoms with E-state index in [9.17, 15) is 24.9 Å². The zero-order valence-corrected chi connectivity index (χ0v) is 31.8. The molecule has 7 aliphatic rings. The lowest BCUT2D eigenvalue weighted by Gasteiger charge is -2.43. The van der Waals surface area contributed by atoms with Crippen LogP contribution in [0.15, 0.2) is 73.2 Å². The Hall–Kier alpha value is -5.82. The van der Waals surface area contributed by atoms with E-state index < -0.39 is 73.5 Å². The van der Waals surface area contributed by atoms with Crippen molar-refractivity contribution in [1.82, 2.24) is 9.55 Å². The van der Waals surface area contributed by atoms with Gasteiger partial charge in [-0.25, -0.2) is 0 Å². The number of esters is 1. The molecule has 0 saturated carbocycles. The van der Waals surface area contributed by atoms with Crippen molar-refractivity contribution in [2.45, 2.75) is 86.9 Å². The molecule has 7 aliphatic heterocycles. The summed E-state index contributed by atoms with van der Waals surface area (Å²) in [4.78, 5) is 26.7. The van der Waals surface area contributed by atoms with Crippen molar-refractivity contribution in [2.75, 3.05) is 13.7 Å². The number of ether oxygens (including phenoxy) is 7. The molecule has 0 amide bonds. The van der Waals surface area contributed by atoms with E-state index in [1.54, 1.807) is 19.2 Å². The number of nitrogens with one attached hydrogen (secondary N) is 1. The van der Waals surface area contributed by atoms with Gasteiger partial charge in [0.15, 0.2) is 17.6 Å². The predicted molar refractivity (Wildman–Crippen MR) is 206 cm³/mol. The summed E-state index contributed by atoms with van der Waals surface area (Å²) >= 11 is 0. The number of carbonyl (C=O) groups excluding carboxylic acids is 1. The van der Waals surface area contributed by atoms with E-state index in [-0.39, 0.29) is 11.7 Å². The largest absolute Gasteiger partial charge is 0.490 e. The molecule has 12 rings (SSSR count). The molecule has 3 aromatic carbocycles. The standard InChI is InChI=1S/C42H44N4O13/c1-53-37-26-7-6-24-32-27(12-20-4-2-19(3-5-20)9-11-54-26)56-28-14-23(13-22(31(28)38(32)58-36(24)37)17-46-16-21-8-10-45-25(21)18-46)55-42-35(52)33(50)34(51)39(59-42)40(41(43)44)57-30(49)15-29(47)48/h2-8,10,13-14,16,18,27,32-35,38-42,45,50-52H,9,11-12,15,17,43-44H2,1H3,(H,47,48). The Morgan fingerprint density at radius 1 is 0.966 bits per heavy atom. The van der Waals surface area contributed by atoms with E-state index >= 15 is 0 Å². The van der Waals surface area contributed by atoms with Crippen LogP contribution in [-0.4, -0.2) is 105 Å². The van der Waals surface area contributed by atoms with E-state index in [0.717, 1.165) is 38.7 Å². The van der Waals surface area contributed by atoms with Gasteiger partial charge in [0.25, 0.3) is 0 Å². The fourth-order valence-electron chi connectivity index (χ4n) is 8.63. The molecule has 0 aliphatic carbocycles. The fraction of sp³-hybridized carbons (Fsp3) is 0.381. The van der Waals surface area contributed by atoms with Gasteiger partial charge >= 0.3 is 11.9 Å². The van der Waals surface area contributed by atoms with Crippen LogP contribution in [0, 0.1) is 0 Å². The quantitative estimate of drug-likeness (QED) is 0.0605. The van der Waals surface area contributed by atoms with Crippen molar-refractivity contribution in [3.05, 3.63) is 101 Å². The molecule has 310 valence electrons. The number of aromatic nitrogens is 2. The highest BCUT2D eigenvalue weighted by Crippen LogP contribution is 2.59. The number of rotatable bonds is 10. The van der Waals surface area contributed by atoms with Crippen molar-refractivity contribution in [3.63, 3.8) is 0 Å². The Balaban J connectivity index is 1.12. The van der Waals surface area contributed by atoms with Gasteiger partial charge in [0.2, 0.25) is 12.0 Å². The van der Waals surface area contributed by atoms with Gasteiger partial charge in [-0.1, -0.05) is 30.3 Å². The Bertz CT molecular complexity index is 2350. The number of fused-ring (bicyclic) bond motifs is 3. The molecule has 59 heavy (non-hydrogen) atoms. The minimum Gasteiger partial charge on any atom is -0.490 e. The lowest BCUT2D eigenvalue weighted by atomic mass is 9.80. The van der Waals surface area contributed by atoms with Crippen LogP contribution in [0.25, 0.3) is 10.9 Å². The number of nitrogens with two attached hydrogens (primary N) is 2. The van der Waals surface area contributed by atoms with Crippen LogP contribution in [-0.2, 0) is 38.4 Å². The Labute approximate surface area is 336 Å². The van der Waals surface area contributed by atoms with Gasteiger partial charge in [0.05, 0.1) is 31.3 Å². The molecular formula is C42H44N4O13. The SMILES string of the molecule is COc1c2ccc3c1OC1c4c(Cn5cc6cc[nH]c6c5)cc(OC5OC(C(OC(=O)CC(=O)O)C(N)N)C(O)C(O)C5O)cc4OC(Cc4ccc(cc4)CCO2)C31. The van der Waals surface area contributed by atoms with Gasteiger partial charge in [-0.05, 0) is 34.9 Å². The van der Waals surface area contributed by atoms with Gasteiger partial charge < -0.3 is 74.6 Å². The third kappa shape index (κ3) is 7.19. The van der Waals surface area contributed by atoms with E-state index in [1.807, 2.05) is 41.4 Å². The lowest BCUT2D eigenvalue weighted by Crippen LogP contribution is -2.66. The number of nitrogens with zero attached hydrogens (tertiary/aromatic N) is 1. The normalized spacial score (nSPS) is 26.0. The molecule has 1 saturated heterocycles. The molecule has 6 bridgehead atoms. The maximum Gasteiger partial charge on any atom is 0.317 e. The Kier molecular flexibility index (Phi) is 10.1. The van der Waals surface area contributed by atoms with E-state index in [0.29, 0.717) is 49.0 Å². The van der Waals surface area contributed by atoms with E-state index in [2.05, 4.69) is 29.2 Å². The number of hydrogen-bond acceptors (Lipinski definition) is 14. The molecule has 1 fully saturated rings.